The van der Waals surface area contributed by atoms with E-state index in [-0.39, 0.29) is 5.69 Å². The van der Waals surface area contributed by atoms with Gasteiger partial charge >= 0.3 is 6.18 Å². The second kappa shape index (κ2) is 10.3. The van der Waals surface area contributed by atoms with Crippen molar-refractivity contribution in [3.8, 4) is 11.3 Å². The van der Waals surface area contributed by atoms with Crippen molar-refractivity contribution in [1.29, 1.82) is 0 Å². The molecule has 4 heterocycles. The molecule has 11 heteroatoms. The summed E-state index contributed by atoms with van der Waals surface area (Å²) in [6.45, 7) is 7.16. The van der Waals surface area contributed by atoms with Crippen molar-refractivity contribution in [1.82, 2.24) is 24.8 Å². The number of hydrogen-bond donors (Lipinski definition) is 2. The Hall–Kier alpha value is -3.15. The molecule has 194 valence electrons. The molecule has 5 rings (SSSR count). The zero-order valence-electron chi connectivity index (χ0n) is 20.7. The van der Waals surface area contributed by atoms with E-state index in [1.807, 2.05) is 13.1 Å². The zero-order valence-corrected chi connectivity index (χ0v) is 21.5. The minimum absolute atomic E-state index is 0.284. The van der Waals surface area contributed by atoms with E-state index in [0.717, 1.165) is 73.8 Å². The van der Waals surface area contributed by atoms with Crippen LogP contribution in [0.15, 0.2) is 36.7 Å². The average molecular weight is 528 g/mol. The summed E-state index contributed by atoms with van der Waals surface area (Å²) >= 11 is 5.35. The molecule has 2 aliphatic heterocycles. The van der Waals surface area contributed by atoms with Gasteiger partial charge in [-0.15, -0.1) is 0 Å². The maximum absolute atomic E-state index is 13.3. The fourth-order valence-electron chi connectivity index (χ4n) is 4.55. The van der Waals surface area contributed by atoms with Gasteiger partial charge in [0.1, 0.15) is 0 Å². The summed E-state index contributed by atoms with van der Waals surface area (Å²) in [6, 6.07) is 5.63. The smallest absolute Gasteiger partial charge is 0.349 e. The molecule has 0 spiro atoms. The number of fused-ring (bicyclic) bond motifs is 3. The maximum Gasteiger partial charge on any atom is 0.416 e. The van der Waals surface area contributed by atoms with Crippen molar-refractivity contribution < 1.29 is 13.2 Å². The lowest BCUT2D eigenvalue weighted by Gasteiger charge is -2.32. The highest BCUT2D eigenvalue weighted by Crippen LogP contribution is 2.38. The van der Waals surface area contributed by atoms with Crippen LogP contribution in [-0.2, 0) is 19.0 Å². The van der Waals surface area contributed by atoms with Gasteiger partial charge < -0.3 is 20.4 Å². The number of aryl methyl sites for hydroxylation is 1. The molecule has 0 atom stereocenters. The number of pyridine rings is 1. The molecule has 37 heavy (non-hydrogen) atoms. The molecular formula is C26H28F3N7S. The van der Waals surface area contributed by atoms with Gasteiger partial charge in [0.15, 0.2) is 0 Å². The highest BCUT2D eigenvalue weighted by molar-refractivity contribution is 7.80. The molecule has 0 bridgehead atoms. The van der Waals surface area contributed by atoms with E-state index in [1.165, 1.54) is 6.07 Å². The molecule has 0 aliphatic carbocycles. The number of piperazine rings is 1. The number of anilines is 3. The molecule has 1 fully saturated rings. The Morgan fingerprint density at radius 3 is 2.62 bits per heavy atom. The van der Waals surface area contributed by atoms with Crippen LogP contribution in [0, 0.1) is 6.92 Å². The molecule has 1 saturated heterocycles. The highest BCUT2D eigenvalue weighted by Gasteiger charge is 2.32. The Morgan fingerprint density at radius 2 is 1.86 bits per heavy atom. The molecule has 2 N–H and O–H groups in total. The van der Waals surface area contributed by atoms with Crippen molar-refractivity contribution in [3.63, 3.8) is 0 Å². The second-order valence-corrected chi connectivity index (χ2v) is 10.0. The fraction of sp³-hybridized carbons (Fsp3) is 0.385. The SMILES string of the molecule is Cc1ncc(CCN2CCN(C)CC2)cc1Nc1ncc2c(n1)-c1ccc(C(F)(F)F)cc1NC(=S)C2. The van der Waals surface area contributed by atoms with Crippen LogP contribution in [0.4, 0.5) is 30.5 Å². The number of aromatic nitrogens is 3. The third-order valence-corrected chi connectivity index (χ3v) is 7.04. The van der Waals surface area contributed by atoms with Crippen LogP contribution in [0.5, 0.6) is 0 Å². The van der Waals surface area contributed by atoms with Crippen molar-refractivity contribution in [3.05, 3.63) is 59.0 Å². The Morgan fingerprint density at radius 1 is 1.08 bits per heavy atom. The first-order valence-corrected chi connectivity index (χ1v) is 12.6. The topological polar surface area (TPSA) is 69.2 Å². The summed E-state index contributed by atoms with van der Waals surface area (Å²) in [5.74, 6) is 0.346. The standard InChI is InChI=1S/C26H28F3N7S/c1-16-21(11-17(14-30-16)5-6-36-9-7-35(2)8-10-36)33-25-31-15-18-12-23(37)32-22-13-19(26(27,28)29)3-4-20(22)24(18)34-25/h3-4,11,13-15H,5-10,12H2,1-2H3,(H,32,37)(H,31,33,34). The number of hydrogen-bond acceptors (Lipinski definition) is 7. The number of halogens is 3. The van der Waals surface area contributed by atoms with E-state index in [1.54, 1.807) is 6.20 Å². The molecule has 1 aromatic carbocycles. The summed E-state index contributed by atoms with van der Waals surface area (Å²) in [5.41, 5.74) is 4.10. The molecule has 0 saturated carbocycles. The lowest BCUT2D eigenvalue weighted by Crippen LogP contribution is -2.45. The van der Waals surface area contributed by atoms with Gasteiger partial charge in [0, 0.05) is 68.4 Å². The Labute approximate surface area is 219 Å². The van der Waals surface area contributed by atoms with Gasteiger partial charge in [0.05, 0.1) is 27.6 Å². The molecule has 3 aromatic rings. The first-order chi connectivity index (χ1) is 17.7. The molecule has 7 nitrogen and oxygen atoms in total. The van der Waals surface area contributed by atoms with Crippen LogP contribution >= 0.6 is 12.2 Å². The van der Waals surface area contributed by atoms with Crippen LogP contribution < -0.4 is 10.6 Å². The van der Waals surface area contributed by atoms with Crippen LogP contribution in [-0.4, -0.2) is 69.5 Å². The lowest BCUT2D eigenvalue weighted by molar-refractivity contribution is -0.137. The highest BCUT2D eigenvalue weighted by atomic mass is 32.1. The number of nitrogens with one attached hydrogen (secondary N) is 2. The monoisotopic (exact) mass is 527 g/mol. The van der Waals surface area contributed by atoms with Gasteiger partial charge in [-0.25, -0.2) is 9.97 Å². The zero-order chi connectivity index (χ0) is 26.2. The van der Waals surface area contributed by atoms with Gasteiger partial charge in [-0.1, -0.05) is 18.3 Å². The van der Waals surface area contributed by atoms with E-state index in [4.69, 9.17) is 12.2 Å². The predicted octanol–water partition coefficient (Wildman–Crippen LogP) is 4.69. The van der Waals surface area contributed by atoms with Crippen LogP contribution in [0.1, 0.15) is 22.4 Å². The number of nitrogens with zero attached hydrogens (tertiary/aromatic N) is 5. The predicted molar refractivity (Wildman–Crippen MR) is 142 cm³/mol. The third kappa shape index (κ3) is 5.89. The van der Waals surface area contributed by atoms with Crippen molar-refractivity contribution >= 4 is 34.5 Å². The number of thiocarbonyl (C=S) groups is 1. The number of rotatable bonds is 5. The third-order valence-electron chi connectivity index (χ3n) is 6.79. The van der Waals surface area contributed by atoms with E-state index in [0.29, 0.717) is 28.6 Å². The molecule has 2 aliphatic rings. The molecule has 0 radical (unpaired) electrons. The van der Waals surface area contributed by atoms with E-state index in [2.05, 4.69) is 48.5 Å². The van der Waals surface area contributed by atoms with Gasteiger partial charge in [0.25, 0.3) is 0 Å². The number of alkyl halides is 3. The van der Waals surface area contributed by atoms with E-state index in [9.17, 15) is 13.2 Å². The minimum Gasteiger partial charge on any atom is -0.349 e. The maximum atomic E-state index is 13.3. The Balaban J connectivity index is 1.38. The first-order valence-electron chi connectivity index (χ1n) is 12.2. The van der Waals surface area contributed by atoms with Crippen molar-refractivity contribution in [2.24, 2.45) is 0 Å². The van der Waals surface area contributed by atoms with Crippen molar-refractivity contribution in [2.75, 3.05) is 50.4 Å². The summed E-state index contributed by atoms with van der Waals surface area (Å²) in [4.78, 5) is 18.9. The van der Waals surface area contributed by atoms with Gasteiger partial charge in [0.2, 0.25) is 5.95 Å². The fourth-order valence-corrected chi connectivity index (χ4v) is 4.81. The lowest BCUT2D eigenvalue weighted by atomic mass is 10.0. The summed E-state index contributed by atoms with van der Waals surface area (Å²) in [6.07, 6.45) is 0.338. The normalized spacial score (nSPS) is 16.5. The summed E-state index contributed by atoms with van der Waals surface area (Å²) in [7, 11) is 2.15. The number of likely N-dealkylation sites (N-methyl/N-ethyl adjacent to an activating group) is 1. The Kier molecular flexibility index (Phi) is 7.11. The Bertz CT molecular complexity index is 1320. The average Bonchev–Trinajstić information content (AvgIpc) is 2.99. The van der Waals surface area contributed by atoms with E-state index < -0.39 is 11.7 Å². The molecule has 2 aromatic heterocycles. The summed E-state index contributed by atoms with van der Waals surface area (Å²) in [5, 5.41) is 6.20. The van der Waals surface area contributed by atoms with E-state index >= 15 is 0 Å². The van der Waals surface area contributed by atoms with Crippen LogP contribution in [0.3, 0.4) is 0 Å². The molecular weight excluding hydrogens is 499 g/mol. The quantitative estimate of drug-likeness (QED) is 0.463. The van der Waals surface area contributed by atoms with Crippen LogP contribution in [0.2, 0.25) is 0 Å². The molecule has 0 unspecified atom stereocenters. The minimum atomic E-state index is -4.45. The van der Waals surface area contributed by atoms with Gasteiger partial charge in [-0.05, 0) is 44.2 Å². The first kappa shape index (κ1) is 25.5. The van der Waals surface area contributed by atoms with Gasteiger partial charge in [-0.2, -0.15) is 13.2 Å². The van der Waals surface area contributed by atoms with Gasteiger partial charge in [-0.3, -0.25) is 4.98 Å². The van der Waals surface area contributed by atoms with Crippen molar-refractivity contribution in [2.45, 2.75) is 25.9 Å². The largest absolute Gasteiger partial charge is 0.416 e. The van der Waals surface area contributed by atoms with Crippen LogP contribution in [0.25, 0.3) is 11.3 Å². The summed E-state index contributed by atoms with van der Waals surface area (Å²) < 4.78 is 39.9. The number of benzene rings is 1. The molecule has 0 amide bonds. The second-order valence-electron chi connectivity index (χ2n) is 9.55.